The fourth-order valence-corrected chi connectivity index (χ4v) is 3.69. The summed E-state index contributed by atoms with van der Waals surface area (Å²) in [6.07, 6.45) is 4.01. The van der Waals surface area contributed by atoms with Crippen LogP contribution >= 0.6 is 11.8 Å². The number of hydrogen-bond acceptors (Lipinski definition) is 4. The zero-order valence-electron chi connectivity index (χ0n) is 15.2. The smallest absolute Gasteiger partial charge is 0.254 e. The average Bonchev–Trinajstić information content (AvgIpc) is 3.10. The lowest BCUT2D eigenvalue weighted by atomic mass is 10.2. The van der Waals surface area contributed by atoms with Crippen LogP contribution in [0.15, 0.2) is 69.3 Å². The quantitative estimate of drug-likeness (QED) is 0.680. The van der Waals surface area contributed by atoms with Crippen LogP contribution in [-0.2, 0) is 6.42 Å². The Hall–Kier alpha value is -2.53. The highest BCUT2D eigenvalue weighted by atomic mass is 32.2. The predicted molar refractivity (Wildman–Crippen MR) is 104 cm³/mol. The van der Waals surface area contributed by atoms with E-state index in [0.717, 1.165) is 10.7 Å². The second-order valence-electron chi connectivity index (χ2n) is 6.39. The van der Waals surface area contributed by atoms with Crippen LogP contribution in [0.3, 0.4) is 0 Å². The van der Waals surface area contributed by atoms with Crippen LogP contribution in [0.2, 0.25) is 0 Å². The van der Waals surface area contributed by atoms with Crippen molar-refractivity contribution < 1.29 is 9.21 Å². The molecule has 1 aromatic carbocycles. The molecule has 2 aromatic heterocycles. The summed E-state index contributed by atoms with van der Waals surface area (Å²) < 4.78 is 5.35. The van der Waals surface area contributed by atoms with E-state index in [2.05, 4.69) is 42.3 Å². The van der Waals surface area contributed by atoms with Crippen LogP contribution in [0.25, 0.3) is 0 Å². The molecule has 26 heavy (non-hydrogen) atoms. The molecule has 0 saturated heterocycles. The van der Waals surface area contributed by atoms with Gasteiger partial charge in [-0.3, -0.25) is 4.79 Å². The Balaban J connectivity index is 1.74. The van der Waals surface area contributed by atoms with Gasteiger partial charge < -0.3 is 9.73 Å². The summed E-state index contributed by atoms with van der Waals surface area (Å²) >= 11 is 1.52. The highest BCUT2D eigenvalue weighted by molar-refractivity contribution is 7.99. The van der Waals surface area contributed by atoms with E-state index in [4.69, 9.17) is 4.42 Å². The van der Waals surface area contributed by atoms with Crippen molar-refractivity contribution >= 4 is 17.7 Å². The number of carbonyl (C=O) groups excluding carboxylic acids is 1. The molecule has 0 aliphatic heterocycles. The number of nitrogens with zero attached hydrogens (tertiary/aromatic N) is 1. The molecular formula is C21H22N2O2S. The minimum absolute atomic E-state index is 0.0344. The molecule has 0 fully saturated rings. The molecule has 0 radical (unpaired) electrons. The second-order valence-corrected chi connectivity index (χ2v) is 7.42. The van der Waals surface area contributed by atoms with Gasteiger partial charge in [0.05, 0.1) is 11.8 Å². The number of furan rings is 1. The normalized spacial score (nSPS) is 12.0. The van der Waals surface area contributed by atoms with Gasteiger partial charge in [0.1, 0.15) is 10.8 Å². The van der Waals surface area contributed by atoms with E-state index in [9.17, 15) is 4.79 Å². The monoisotopic (exact) mass is 366 g/mol. The summed E-state index contributed by atoms with van der Waals surface area (Å²) in [5.41, 5.74) is 2.99. The van der Waals surface area contributed by atoms with Crippen LogP contribution < -0.4 is 5.32 Å². The number of rotatable bonds is 6. The molecule has 134 valence electrons. The molecule has 0 aliphatic carbocycles. The van der Waals surface area contributed by atoms with Gasteiger partial charge in [-0.25, -0.2) is 4.98 Å². The standard InChI is InChI=1S/C21H22N2O2S/c1-14-8-9-19(15(2)12-14)26-21-18(7-4-10-22-21)20(24)23-16(3)13-17-6-5-11-25-17/h4-12,16H,13H2,1-3H3,(H,23,24). The Morgan fingerprint density at radius 2 is 2.08 bits per heavy atom. The lowest BCUT2D eigenvalue weighted by molar-refractivity contribution is 0.0935. The van der Waals surface area contributed by atoms with Crippen molar-refractivity contribution in [2.75, 3.05) is 0 Å². The van der Waals surface area contributed by atoms with E-state index in [1.54, 1.807) is 18.5 Å². The molecule has 0 spiro atoms. The van der Waals surface area contributed by atoms with Gasteiger partial charge in [-0.15, -0.1) is 0 Å². The fraction of sp³-hybridized carbons (Fsp3) is 0.238. The first-order chi connectivity index (χ1) is 12.5. The largest absolute Gasteiger partial charge is 0.469 e. The molecule has 1 N–H and O–H groups in total. The maximum Gasteiger partial charge on any atom is 0.254 e. The van der Waals surface area contributed by atoms with E-state index < -0.39 is 0 Å². The van der Waals surface area contributed by atoms with Crippen LogP contribution in [-0.4, -0.2) is 16.9 Å². The van der Waals surface area contributed by atoms with Gasteiger partial charge in [0.25, 0.3) is 5.91 Å². The van der Waals surface area contributed by atoms with Crippen LogP contribution in [0.5, 0.6) is 0 Å². The minimum atomic E-state index is -0.121. The minimum Gasteiger partial charge on any atom is -0.469 e. The third-order valence-corrected chi connectivity index (χ3v) is 5.21. The highest BCUT2D eigenvalue weighted by Gasteiger charge is 2.17. The Morgan fingerprint density at radius 3 is 2.81 bits per heavy atom. The molecule has 2 heterocycles. The molecule has 0 aliphatic rings. The molecule has 5 heteroatoms. The lowest BCUT2D eigenvalue weighted by Gasteiger charge is -2.14. The van der Waals surface area contributed by atoms with E-state index >= 15 is 0 Å². The van der Waals surface area contributed by atoms with Gasteiger partial charge in [-0.1, -0.05) is 29.5 Å². The van der Waals surface area contributed by atoms with Crippen molar-refractivity contribution in [2.24, 2.45) is 0 Å². The van der Waals surface area contributed by atoms with Crippen molar-refractivity contribution in [2.45, 2.75) is 43.2 Å². The molecular weight excluding hydrogens is 344 g/mol. The zero-order valence-corrected chi connectivity index (χ0v) is 16.0. The number of pyridine rings is 1. The SMILES string of the molecule is Cc1ccc(Sc2ncccc2C(=O)NC(C)Cc2ccco2)c(C)c1. The summed E-state index contributed by atoms with van der Waals surface area (Å²) in [5.74, 6) is 0.735. The first kappa shape index (κ1) is 18.3. The van der Waals surface area contributed by atoms with Crippen molar-refractivity contribution in [1.82, 2.24) is 10.3 Å². The highest BCUT2D eigenvalue weighted by Crippen LogP contribution is 2.31. The Labute approximate surface area is 158 Å². The molecule has 0 bridgehead atoms. The molecule has 1 atom stereocenters. The number of carbonyl (C=O) groups is 1. The van der Waals surface area contributed by atoms with Gasteiger partial charge in [0.15, 0.2) is 0 Å². The summed E-state index contributed by atoms with van der Waals surface area (Å²) in [7, 11) is 0. The van der Waals surface area contributed by atoms with Crippen LogP contribution in [0.4, 0.5) is 0 Å². The van der Waals surface area contributed by atoms with Gasteiger partial charge in [-0.2, -0.15) is 0 Å². The second kappa shape index (κ2) is 8.23. The summed E-state index contributed by atoms with van der Waals surface area (Å²) in [4.78, 5) is 18.3. The molecule has 3 aromatic rings. The molecule has 3 rings (SSSR count). The predicted octanol–water partition coefficient (Wildman–Crippen LogP) is 4.80. The zero-order chi connectivity index (χ0) is 18.5. The number of hydrogen-bond donors (Lipinski definition) is 1. The first-order valence-electron chi connectivity index (χ1n) is 8.56. The van der Waals surface area contributed by atoms with Gasteiger partial charge in [-0.05, 0) is 56.7 Å². The fourth-order valence-electron chi connectivity index (χ4n) is 2.75. The maximum atomic E-state index is 12.7. The molecule has 0 saturated carbocycles. The molecule has 4 nitrogen and oxygen atoms in total. The number of aryl methyl sites for hydroxylation is 2. The Kier molecular flexibility index (Phi) is 5.78. The van der Waals surface area contributed by atoms with E-state index in [1.807, 2.05) is 25.1 Å². The number of aromatic nitrogens is 1. The molecule has 1 amide bonds. The third-order valence-electron chi connectivity index (χ3n) is 4.02. The van der Waals surface area contributed by atoms with Crippen LogP contribution in [0.1, 0.15) is 34.2 Å². The van der Waals surface area contributed by atoms with Crippen molar-refractivity contribution in [1.29, 1.82) is 0 Å². The number of amides is 1. The molecule has 1 unspecified atom stereocenters. The van der Waals surface area contributed by atoms with Gasteiger partial charge >= 0.3 is 0 Å². The maximum absolute atomic E-state index is 12.7. The van der Waals surface area contributed by atoms with Crippen LogP contribution in [0, 0.1) is 13.8 Å². The Bertz CT molecular complexity index is 891. The number of benzene rings is 1. The summed E-state index contributed by atoms with van der Waals surface area (Å²) in [5, 5.41) is 3.74. The van der Waals surface area contributed by atoms with Crippen molar-refractivity contribution in [3.63, 3.8) is 0 Å². The number of nitrogens with one attached hydrogen (secondary N) is 1. The van der Waals surface area contributed by atoms with Crippen molar-refractivity contribution in [3.8, 4) is 0 Å². The Morgan fingerprint density at radius 1 is 1.23 bits per heavy atom. The summed E-state index contributed by atoms with van der Waals surface area (Å²) in [6.45, 7) is 6.11. The van der Waals surface area contributed by atoms with E-state index in [0.29, 0.717) is 17.0 Å². The topological polar surface area (TPSA) is 55.1 Å². The lowest BCUT2D eigenvalue weighted by Crippen LogP contribution is -2.34. The van der Waals surface area contributed by atoms with Gasteiger partial charge in [0, 0.05) is 23.6 Å². The first-order valence-corrected chi connectivity index (χ1v) is 9.38. The average molecular weight is 366 g/mol. The van der Waals surface area contributed by atoms with E-state index in [-0.39, 0.29) is 11.9 Å². The third kappa shape index (κ3) is 4.55. The van der Waals surface area contributed by atoms with Crippen molar-refractivity contribution in [3.05, 3.63) is 77.4 Å². The van der Waals surface area contributed by atoms with E-state index in [1.165, 1.54) is 22.9 Å². The van der Waals surface area contributed by atoms with Gasteiger partial charge in [0.2, 0.25) is 0 Å². The summed E-state index contributed by atoms with van der Waals surface area (Å²) in [6, 6.07) is 13.6.